The highest BCUT2D eigenvalue weighted by molar-refractivity contribution is 6.01. The number of amides is 1. The maximum atomic E-state index is 14.0. The zero-order chi connectivity index (χ0) is 23.7. The number of ether oxygens (including phenoxy) is 1. The lowest BCUT2D eigenvalue weighted by Crippen LogP contribution is -2.17. The largest absolute Gasteiger partial charge is 0.456 e. The van der Waals surface area contributed by atoms with E-state index >= 15 is 0 Å². The highest BCUT2D eigenvalue weighted by atomic mass is 19.1. The van der Waals surface area contributed by atoms with Gasteiger partial charge in [0.2, 0.25) is 5.91 Å². The second kappa shape index (κ2) is 8.74. The summed E-state index contributed by atoms with van der Waals surface area (Å²) in [6, 6.07) is 15.3. The molecular weight excluding hydrogens is 419 g/mol. The molecule has 0 saturated heterocycles. The van der Waals surface area contributed by atoms with E-state index < -0.39 is 5.82 Å². The molecule has 0 radical (unpaired) electrons. The van der Waals surface area contributed by atoms with Crippen molar-refractivity contribution in [3.8, 4) is 22.6 Å². The molecule has 1 N–H and O–H groups in total. The van der Waals surface area contributed by atoms with Crippen molar-refractivity contribution in [3.63, 3.8) is 0 Å². The molecule has 6 heteroatoms. The van der Waals surface area contributed by atoms with Crippen LogP contribution in [0, 0.1) is 19.7 Å². The van der Waals surface area contributed by atoms with Gasteiger partial charge in [-0.1, -0.05) is 30.8 Å². The first-order valence-electron chi connectivity index (χ1n) is 10.4. The Morgan fingerprint density at radius 2 is 1.76 bits per heavy atom. The zero-order valence-electron chi connectivity index (χ0n) is 18.6. The van der Waals surface area contributed by atoms with E-state index in [1.54, 1.807) is 37.5 Å². The van der Waals surface area contributed by atoms with Crippen LogP contribution in [0.5, 0.6) is 11.5 Å². The number of nitrogens with zero attached hydrogens (tertiary/aromatic N) is 1. The molecule has 0 aliphatic carbocycles. The number of rotatable bonds is 5. The quantitative estimate of drug-likeness (QED) is 0.393. The molecule has 4 rings (SSSR count). The molecule has 33 heavy (non-hydrogen) atoms. The normalized spacial score (nSPS) is 10.8. The van der Waals surface area contributed by atoms with E-state index in [0.29, 0.717) is 28.0 Å². The summed E-state index contributed by atoms with van der Waals surface area (Å²) in [7, 11) is 1.62. The molecule has 4 aromatic rings. The van der Waals surface area contributed by atoms with Crippen molar-refractivity contribution in [1.29, 1.82) is 0 Å². The third-order valence-electron chi connectivity index (χ3n) is 5.49. The first-order valence-corrected chi connectivity index (χ1v) is 10.4. The third-order valence-corrected chi connectivity index (χ3v) is 5.49. The lowest BCUT2D eigenvalue weighted by atomic mass is 9.99. The fraction of sp³-hybridized carbons (Fsp3) is 0.111. The van der Waals surface area contributed by atoms with E-state index in [2.05, 4.69) is 11.9 Å². The molecule has 1 amide bonds. The van der Waals surface area contributed by atoms with Crippen LogP contribution in [0.3, 0.4) is 0 Å². The summed E-state index contributed by atoms with van der Waals surface area (Å²) in [6.07, 6.45) is 2.87. The number of hydrogen-bond acceptors (Lipinski definition) is 3. The Kier molecular flexibility index (Phi) is 5.84. The topological polar surface area (TPSA) is 60.3 Å². The van der Waals surface area contributed by atoms with Crippen LogP contribution < -0.4 is 15.6 Å². The predicted molar refractivity (Wildman–Crippen MR) is 129 cm³/mol. The lowest BCUT2D eigenvalue weighted by molar-refractivity contribution is -0.111. The van der Waals surface area contributed by atoms with Gasteiger partial charge in [0.25, 0.3) is 5.56 Å². The number of aromatic nitrogens is 1. The number of carbonyl (C=O) groups is 1. The molecule has 0 fully saturated rings. The minimum Gasteiger partial charge on any atom is -0.456 e. The third kappa shape index (κ3) is 4.28. The monoisotopic (exact) mass is 442 g/mol. The van der Waals surface area contributed by atoms with E-state index in [4.69, 9.17) is 4.74 Å². The van der Waals surface area contributed by atoms with Gasteiger partial charge >= 0.3 is 0 Å². The molecule has 0 spiro atoms. The van der Waals surface area contributed by atoms with E-state index in [0.717, 1.165) is 16.9 Å². The number of hydrogen-bond donors (Lipinski definition) is 1. The van der Waals surface area contributed by atoms with Crippen molar-refractivity contribution in [3.05, 3.63) is 101 Å². The van der Waals surface area contributed by atoms with Crippen LogP contribution in [-0.4, -0.2) is 10.5 Å². The molecule has 0 bridgehead atoms. The molecule has 3 aromatic carbocycles. The van der Waals surface area contributed by atoms with Crippen LogP contribution in [0.1, 0.15) is 11.1 Å². The van der Waals surface area contributed by atoms with Gasteiger partial charge in [-0.05, 0) is 66.8 Å². The number of nitrogens with one attached hydrogen (secondary N) is 1. The molecule has 0 atom stereocenters. The van der Waals surface area contributed by atoms with Crippen molar-refractivity contribution in [2.75, 3.05) is 5.32 Å². The van der Waals surface area contributed by atoms with Gasteiger partial charge < -0.3 is 14.6 Å². The summed E-state index contributed by atoms with van der Waals surface area (Å²) < 4.78 is 21.7. The molecule has 0 aliphatic rings. The van der Waals surface area contributed by atoms with E-state index in [1.165, 1.54) is 22.8 Å². The van der Waals surface area contributed by atoms with Gasteiger partial charge in [0.1, 0.15) is 17.3 Å². The van der Waals surface area contributed by atoms with E-state index in [9.17, 15) is 14.0 Å². The standard InChI is InChI=1S/C27H23FN2O3/c1-5-25(31)29-19-10-12-24(33-26-16(2)7-6-8-17(26)3)21(14-19)23-15-30(4)27(32)22-13-18(28)9-11-20(22)23/h5-15H,1H2,2-4H3,(H,29,31). The summed E-state index contributed by atoms with van der Waals surface area (Å²) in [5.74, 6) is 0.419. The summed E-state index contributed by atoms with van der Waals surface area (Å²) in [4.78, 5) is 24.6. The predicted octanol–water partition coefficient (Wildman–Crippen LogP) is 5.88. The van der Waals surface area contributed by atoms with Crippen LogP contribution in [0.15, 0.2) is 78.2 Å². The molecule has 0 unspecified atom stereocenters. The fourth-order valence-electron chi connectivity index (χ4n) is 3.83. The maximum Gasteiger partial charge on any atom is 0.258 e. The number of pyridine rings is 1. The van der Waals surface area contributed by atoms with Crippen molar-refractivity contribution in [2.45, 2.75) is 13.8 Å². The number of anilines is 1. The molecule has 5 nitrogen and oxygen atoms in total. The Labute approximate surface area is 190 Å². The highest BCUT2D eigenvalue weighted by Gasteiger charge is 2.17. The Morgan fingerprint density at radius 3 is 2.45 bits per heavy atom. The van der Waals surface area contributed by atoms with Gasteiger partial charge in [-0.3, -0.25) is 9.59 Å². The number of halogens is 1. The summed E-state index contributed by atoms with van der Waals surface area (Å²) >= 11 is 0. The second-order valence-corrected chi connectivity index (χ2v) is 7.88. The minimum absolute atomic E-state index is 0.258. The molecular formula is C27H23FN2O3. The van der Waals surface area contributed by atoms with E-state index in [-0.39, 0.29) is 16.9 Å². The second-order valence-electron chi connectivity index (χ2n) is 7.88. The van der Waals surface area contributed by atoms with Crippen LogP contribution in [0.25, 0.3) is 21.9 Å². The Bertz CT molecular complexity index is 1450. The first kappa shape index (κ1) is 22.0. The average Bonchev–Trinajstić information content (AvgIpc) is 2.79. The fourth-order valence-corrected chi connectivity index (χ4v) is 3.83. The summed E-state index contributed by atoms with van der Waals surface area (Å²) in [6.45, 7) is 7.42. The van der Waals surface area contributed by atoms with Crippen LogP contribution >= 0.6 is 0 Å². The smallest absolute Gasteiger partial charge is 0.258 e. The lowest BCUT2D eigenvalue weighted by Gasteiger charge is -2.18. The summed E-state index contributed by atoms with van der Waals surface area (Å²) in [5, 5.41) is 3.60. The Morgan fingerprint density at radius 1 is 1.03 bits per heavy atom. The van der Waals surface area contributed by atoms with E-state index in [1.807, 2.05) is 32.0 Å². The van der Waals surface area contributed by atoms with Crippen molar-refractivity contribution in [1.82, 2.24) is 4.57 Å². The van der Waals surface area contributed by atoms with Gasteiger partial charge in [0, 0.05) is 30.1 Å². The molecule has 0 saturated carbocycles. The molecule has 0 aliphatic heterocycles. The maximum absolute atomic E-state index is 14.0. The SMILES string of the molecule is C=CC(=O)Nc1ccc(Oc2c(C)cccc2C)c(-c2cn(C)c(=O)c3cc(F)ccc23)c1. The van der Waals surface area contributed by atoms with Crippen molar-refractivity contribution < 1.29 is 13.9 Å². The number of aryl methyl sites for hydroxylation is 3. The zero-order valence-corrected chi connectivity index (χ0v) is 18.6. The van der Waals surface area contributed by atoms with Crippen molar-refractivity contribution >= 4 is 22.4 Å². The van der Waals surface area contributed by atoms with Gasteiger partial charge in [0.05, 0.1) is 5.39 Å². The highest BCUT2D eigenvalue weighted by Crippen LogP contribution is 2.40. The Hall–Kier alpha value is -4.19. The number of para-hydroxylation sites is 1. The average molecular weight is 442 g/mol. The van der Waals surface area contributed by atoms with Crippen molar-refractivity contribution in [2.24, 2.45) is 7.05 Å². The molecule has 166 valence electrons. The van der Waals surface area contributed by atoms with Crippen LogP contribution in [0.4, 0.5) is 10.1 Å². The first-order chi connectivity index (χ1) is 15.8. The van der Waals surface area contributed by atoms with Gasteiger partial charge in [-0.25, -0.2) is 4.39 Å². The van der Waals surface area contributed by atoms with Gasteiger partial charge in [-0.15, -0.1) is 0 Å². The molecule has 1 heterocycles. The van der Waals surface area contributed by atoms with Crippen LogP contribution in [0.2, 0.25) is 0 Å². The summed E-state index contributed by atoms with van der Waals surface area (Å²) in [5.41, 5.74) is 3.49. The minimum atomic E-state index is -0.490. The number of benzene rings is 3. The molecule has 1 aromatic heterocycles. The Balaban J connectivity index is 1.98. The van der Waals surface area contributed by atoms with Gasteiger partial charge in [0.15, 0.2) is 0 Å². The number of fused-ring (bicyclic) bond motifs is 1. The number of carbonyl (C=O) groups excluding carboxylic acids is 1. The van der Waals surface area contributed by atoms with Crippen LogP contribution in [-0.2, 0) is 11.8 Å². The van der Waals surface area contributed by atoms with Gasteiger partial charge in [-0.2, -0.15) is 0 Å².